The number of hydrogen-bond acceptors (Lipinski definition) is 3. The van der Waals surface area contributed by atoms with Crippen LogP contribution in [0.5, 0.6) is 0 Å². The molecule has 1 saturated heterocycles. The van der Waals surface area contributed by atoms with Gasteiger partial charge in [-0.3, -0.25) is 9.69 Å². The summed E-state index contributed by atoms with van der Waals surface area (Å²) in [7, 11) is 0. The highest BCUT2D eigenvalue weighted by Crippen LogP contribution is 2.26. The van der Waals surface area contributed by atoms with Gasteiger partial charge >= 0.3 is 0 Å². The van der Waals surface area contributed by atoms with Gasteiger partial charge in [-0.1, -0.05) is 27.7 Å². The lowest BCUT2D eigenvalue weighted by molar-refractivity contribution is -0.134. The molecule has 1 aliphatic heterocycles. The van der Waals surface area contributed by atoms with Crippen molar-refractivity contribution in [3.8, 4) is 0 Å². The van der Waals surface area contributed by atoms with E-state index < -0.39 is 0 Å². The molecule has 1 rings (SSSR count). The number of nitrogens with zero attached hydrogens (tertiary/aromatic N) is 2. The van der Waals surface area contributed by atoms with E-state index >= 15 is 0 Å². The number of piperazine rings is 1. The van der Waals surface area contributed by atoms with Crippen molar-refractivity contribution in [2.45, 2.75) is 53.4 Å². The fraction of sp³-hybridized carbons (Fsp3) is 0.941. The van der Waals surface area contributed by atoms with E-state index in [4.69, 9.17) is 5.73 Å². The Morgan fingerprint density at radius 1 is 1.14 bits per heavy atom. The Bertz CT molecular complexity index is 304. The molecular weight excluding hydrogens is 262 g/mol. The van der Waals surface area contributed by atoms with Crippen LogP contribution < -0.4 is 5.73 Å². The van der Waals surface area contributed by atoms with Gasteiger partial charge in [-0.2, -0.15) is 0 Å². The number of rotatable bonds is 7. The zero-order chi connectivity index (χ0) is 15.9. The normalized spacial score (nSPS) is 18.8. The van der Waals surface area contributed by atoms with Gasteiger partial charge in [0.1, 0.15) is 0 Å². The summed E-state index contributed by atoms with van der Waals surface area (Å²) in [6, 6.07) is 0. The molecule has 0 aromatic heterocycles. The molecule has 1 fully saturated rings. The summed E-state index contributed by atoms with van der Waals surface area (Å²) >= 11 is 0. The SMILES string of the molecule is CC(CC(=O)N1CCN(CCCCN)CC1)CC(C)(C)C. The molecule has 1 unspecified atom stereocenters. The number of hydrogen-bond donors (Lipinski definition) is 1. The van der Waals surface area contributed by atoms with Crippen LogP contribution in [0, 0.1) is 11.3 Å². The van der Waals surface area contributed by atoms with Crippen molar-refractivity contribution in [1.29, 1.82) is 0 Å². The second-order valence-electron chi connectivity index (χ2n) is 7.79. The number of nitrogens with two attached hydrogens (primary N) is 1. The van der Waals surface area contributed by atoms with Gasteiger partial charge in [0.25, 0.3) is 0 Å². The van der Waals surface area contributed by atoms with Crippen LogP contribution in [0.2, 0.25) is 0 Å². The molecule has 0 saturated carbocycles. The van der Waals surface area contributed by atoms with Crippen LogP contribution in [-0.2, 0) is 4.79 Å². The Balaban J connectivity index is 2.25. The van der Waals surface area contributed by atoms with Crippen LogP contribution in [0.15, 0.2) is 0 Å². The van der Waals surface area contributed by atoms with Crippen molar-refractivity contribution < 1.29 is 4.79 Å². The third-order valence-electron chi connectivity index (χ3n) is 4.14. The highest BCUT2D eigenvalue weighted by molar-refractivity contribution is 5.76. The summed E-state index contributed by atoms with van der Waals surface area (Å²) < 4.78 is 0. The van der Waals surface area contributed by atoms with E-state index in [1.165, 1.54) is 6.42 Å². The lowest BCUT2D eigenvalue weighted by Gasteiger charge is -2.35. The first-order valence-electron chi connectivity index (χ1n) is 8.52. The molecule has 0 aromatic rings. The van der Waals surface area contributed by atoms with Gasteiger partial charge in [-0.25, -0.2) is 0 Å². The van der Waals surface area contributed by atoms with Crippen LogP contribution in [0.4, 0.5) is 0 Å². The molecule has 0 spiro atoms. The molecule has 124 valence electrons. The smallest absolute Gasteiger partial charge is 0.222 e. The Hall–Kier alpha value is -0.610. The molecule has 0 bridgehead atoms. The van der Waals surface area contributed by atoms with E-state index in [-0.39, 0.29) is 0 Å². The Morgan fingerprint density at radius 3 is 2.29 bits per heavy atom. The van der Waals surface area contributed by atoms with E-state index in [2.05, 4.69) is 37.5 Å². The quantitative estimate of drug-likeness (QED) is 0.734. The fourth-order valence-corrected chi connectivity index (χ4v) is 3.25. The van der Waals surface area contributed by atoms with Gasteiger partial charge in [0.2, 0.25) is 5.91 Å². The van der Waals surface area contributed by atoms with Gasteiger partial charge < -0.3 is 10.6 Å². The Kier molecular flexibility index (Phi) is 7.67. The van der Waals surface area contributed by atoms with Crippen LogP contribution >= 0.6 is 0 Å². The lowest BCUT2D eigenvalue weighted by atomic mass is 9.84. The Morgan fingerprint density at radius 2 is 1.76 bits per heavy atom. The first-order chi connectivity index (χ1) is 9.81. The highest BCUT2D eigenvalue weighted by Gasteiger charge is 2.23. The van der Waals surface area contributed by atoms with Crippen molar-refractivity contribution in [2.24, 2.45) is 17.1 Å². The zero-order valence-corrected chi connectivity index (χ0v) is 14.5. The van der Waals surface area contributed by atoms with E-state index in [1.807, 2.05) is 0 Å². The van der Waals surface area contributed by atoms with Gasteiger partial charge in [-0.05, 0) is 43.7 Å². The van der Waals surface area contributed by atoms with E-state index in [1.54, 1.807) is 0 Å². The Labute approximate surface area is 131 Å². The van der Waals surface area contributed by atoms with E-state index in [9.17, 15) is 4.79 Å². The maximum Gasteiger partial charge on any atom is 0.222 e. The third-order valence-corrected chi connectivity index (χ3v) is 4.14. The van der Waals surface area contributed by atoms with Crippen LogP contribution in [0.25, 0.3) is 0 Å². The first-order valence-corrected chi connectivity index (χ1v) is 8.52. The summed E-state index contributed by atoms with van der Waals surface area (Å²) in [5.74, 6) is 0.813. The number of carbonyl (C=O) groups excluding carboxylic acids is 1. The average Bonchev–Trinajstić information content (AvgIpc) is 2.37. The molecule has 0 aromatic carbocycles. The molecule has 1 heterocycles. The number of carbonyl (C=O) groups is 1. The second kappa shape index (κ2) is 8.74. The summed E-state index contributed by atoms with van der Waals surface area (Å²) in [6.45, 7) is 14.7. The van der Waals surface area contributed by atoms with Crippen molar-refractivity contribution >= 4 is 5.91 Å². The predicted octanol–water partition coefficient (Wildman–Crippen LogP) is 2.33. The van der Waals surface area contributed by atoms with Crippen molar-refractivity contribution in [3.05, 3.63) is 0 Å². The molecule has 0 aliphatic carbocycles. The minimum atomic E-state index is 0.307. The number of unbranched alkanes of at least 4 members (excludes halogenated alkanes) is 1. The van der Waals surface area contributed by atoms with E-state index in [0.29, 0.717) is 23.7 Å². The lowest BCUT2D eigenvalue weighted by Crippen LogP contribution is -2.49. The molecular formula is C17H35N3O. The summed E-state index contributed by atoms with van der Waals surface area (Å²) in [6.07, 6.45) is 4.08. The largest absolute Gasteiger partial charge is 0.340 e. The van der Waals surface area contributed by atoms with Crippen LogP contribution in [0.3, 0.4) is 0 Å². The molecule has 0 radical (unpaired) electrons. The summed E-state index contributed by atoms with van der Waals surface area (Å²) in [4.78, 5) is 16.9. The highest BCUT2D eigenvalue weighted by atomic mass is 16.2. The topological polar surface area (TPSA) is 49.6 Å². The number of amides is 1. The van der Waals surface area contributed by atoms with Gasteiger partial charge in [-0.15, -0.1) is 0 Å². The maximum atomic E-state index is 12.4. The molecule has 1 amide bonds. The molecule has 21 heavy (non-hydrogen) atoms. The van der Waals surface area contributed by atoms with Gasteiger partial charge in [0.15, 0.2) is 0 Å². The van der Waals surface area contributed by atoms with Crippen molar-refractivity contribution in [1.82, 2.24) is 9.80 Å². The zero-order valence-electron chi connectivity index (χ0n) is 14.5. The van der Waals surface area contributed by atoms with Crippen molar-refractivity contribution in [3.63, 3.8) is 0 Å². The fourth-order valence-electron chi connectivity index (χ4n) is 3.25. The van der Waals surface area contributed by atoms with Crippen LogP contribution in [0.1, 0.15) is 53.4 Å². The van der Waals surface area contributed by atoms with Gasteiger partial charge in [0.05, 0.1) is 0 Å². The summed E-state index contributed by atoms with van der Waals surface area (Å²) in [5, 5.41) is 0. The minimum absolute atomic E-state index is 0.307. The predicted molar refractivity (Wildman–Crippen MR) is 89.2 cm³/mol. The minimum Gasteiger partial charge on any atom is -0.340 e. The van der Waals surface area contributed by atoms with Crippen molar-refractivity contribution in [2.75, 3.05) is 39.3 Å². The molecule has 1 aliphatic rings. The standard InChI is InChI=1S/C17H35N3O/c1-15(14-17(2,3)4)13-16(21)20-11-9-19(10-12-20)8-6-5-7-18/h15H,5-14,18H2,1-4H3. The van der Waals surface area contributed by atoms with Gasteiger partial charge in [0, 0.05) is 32.6 Å². The maximum absolute atomic E-state index is 12.4. The third kappa shape index (κ3) is 7.82. The molecule has 2 N–H and O–H groups in total. The molecule has 4 heteroatoms. The second-order valence-corrected chi connectivity index (χ2v) is 7.79. The summed E-state index contributed by atoms with van der Waals surface area (Å²) in [5.41, 5.74) is 5.83. The van der Waals surface area contributed by atoms with E-state index in [0.717, 1.165) is 52.1 Å². The van der Waals surface area contributed by atoms with Crippen LogP contribution in [-0.4, -0.2) is 55.0 Å². The molecule has 1 atom stereocenters. The average molecular weight is 297 g/mol. The first kappa shape index (κ1) is 18.4. The molecule has 4 nitrogen and oxygen atoms in total. The monoisotopic (exact) mass is 297 g/mol.